The second-order valence-corrected chi connectivity index (χ2v) is 4.90. The highest BCUT2D eigenvalue weighted by atomic mass is 16.5. The van der Waals surface area contributed by atoms with Crippen molar-refractivity contribution >= 4 is 5.78 Å². The molecule has 0 spiro atoms. The minimum absolute atomic E-state index is 0.166. The Morgan fingerprint density at radius 3 is 2.94 bits per heavy atom. The van der Waals surface area contributed by atoms with E-state index in [-0.39, 0.29) is 11.7 Å². The molecule has 1 unspecified atom stereocenters. The molecule has 0 saturated heterocycles. The lowest BCUT2D eigenvalue weighted by atomic mass is 9.99. The smallest absolute Gasteiger partial charge is 0.237 e. The Hall–Kier alpha value is -1.23. The predicted molar refractivity (Wildman–Crippen MR) is 62.5 cm³/mol. The molecule has 2 rings (SSSR count). The average Bonchev–Trinajstić information content (AvgIpc) is 2.59. The molecule has 17 heavy (non-hydrogen) atoms. The number of Topliss-reactive ketones (excluding diaryl/α,β-unsaturated/α-hetero) is 1. The van der Waals surface area contributed by atoms with Crippen LogP contribution >= 0.6 is 0 Å². The molecule has 1 aromatic rings. The molecular formula is C12H19N3O2. The molecular weight excluding hydrogens is 218 g/mol. The van der Waals surface area contributed by atoms with Crippen LogP contribution in [0.15, 0.2) is 4.52 Å². The van der Waals surface area contributed by atoms with E-state index >= 15 is 0 Å². The van der Waals surface area contributed by atoms with Crippen LogP contribution in [0.1, 0.15) is 49.7 Å². The van der Waals surface area contributed by atoms with Crippen molar-refractivity contribution in [1.82, 2.24) is 15.0 Å². The molecule has 1 aliphatic carbocycles. The van der Waals surface area contributed by atoms with Crippen LogP contribution in [-0.2, 0) is 11.3 Å². The van der Waals surface area contributed by atoms with Gasteiger partial charge in [-0.1, -0.05) is 18.0 Å². The molecule has 1 heterocycles. The Morgan fingerprint density at radius 1 is 1.35 bits per heavy atom. The van der Waals surface area contributed by atoms with Gasteiger partial charge in [0, 0.05) is 6.42 Å². The van der Waals surface area contributed by atoms with Gasteiger partial charge in [0.2, 0.25) is 5.89 Å². The van der Waals surface area contributed by atoms with Gasteiger partial charge >= 0.3 is 0 Å². The number of carbonyl (C=O) groups excluding carboxylic acids is 1. The highest BCUT2D eigenvalue weighted by Gasteiger charge is 2.27. The molecule has 94 valence electrons. The summed E-state index contributed by atoms with van der Waals surface area (Å²) in [6.07, 6.45) is 4.69. The summed E-state index contributed by atoms with van der Waals surface area (Å²) in [5, 5.41) is 3.92. The SMILES string of the molecule is CN(C)Cc1noc(C2CCCCCC2=O)n1. The van der Waals surface area contributed by atoms with E-state index in [1.54, 1.807) is 0 Å². The van der Waals surface area contributed by atoms with Crippen molar-refractivity contribution in [3.8, 4) is 0 Å². The molecule has 1 fully saturated rings. The monoisotopic (exact) mass is 237 g/mol. The van der Waals surface area contributed by atoms with Crippen LogP contribution in [0.5, 0.6) is 0 Å². The van der Waals surface area contributed by atoms with E-state index in [4.69, 9.17) is 4.52 Å². The number of carbonyl (C=O) groups is 1. The molecule has 0 bridgehead atoms. The molecule has 0 N–H and O–H groups in total. The van der Waals surface area contributed by atoms with Crippen LogP contribution in [0.25, 0.3) is 0 Å². The Balaban J connectivity index is 2.09. The fourth-order valence-electron chi connectivity index (χ4n) is 2.18. The van der Waals surface area contributed by atoms with Crippen LogP contribution in [0, 0.1) is 0 Å². The maximum absolute atomic E-state index is 11.9. The Bertz CT molecular complexity index is 387. The minimum Gasteiger partial charge on any atom is -0.339 e. The van der Waals surface area contributed by atoms with Crippen molar-refractivity contribution < 1.29 is 9.32 Å². The van der Waals surface area contributed by atoms with E-state index in [9.17, 15) is 4.79 Å². The van der Waals surface area contributed by atoms with Gasteiger partial charge in [-0.25, -0.2) is 0 Å². The van der Waals surface area contributed by atoms with Gasteiger partial charge in [-0.3, -0.25) is 4.79 Å². The first-order chi connectivity index (χ1) is 8.16. The summed E-state index contributed by atoms with van der Waals surface area (Å²) in [4.78, 5) is 18.2. The molecule has 1 saturated carbocycles. The van der Waals surface area contributed by atoms with Gasteiger partial charge in [-0.2, -0.15) is 4.98 Å². The maximum Gasteiger partial charge on any atom is 0.237 e. The van der Waals surface area contributed by atoms with Crippen LogP contribution in [-0.4, -0.2) is 34.9 Å². The summed E-state index contributed by atoms with van der Waals surface area (Å²) < 4.78 is 5.22. The van der Waals surface area contributed by atoms with Crippen molar-refractivity contribution in [2.45, 2.75) is 44.6 Å². The summed E-state index contributed by atoms with van der Waals surface area (Å²) >= 11 is 0. The Labute approximate surface area is 101 Å². The minimum atomic E-state index is -0.166. The Kier molecular flexibility index (Phi) is 3.89. The third-order valence-corrected chi connectivity index (χ3v) is 3.04. The molecule has 5 nitrogen and oxygen atoms in total. The Morgan fingerprint density at radius 2 is 2.18 bits per heavy atom. The standard InChI is InChI=1S/C12H19N3O2/c1-15(2)8-11-13-12(17-14-11)9-6-4-3-5-7-10(9)16/h9H,3-8H2,1-2H3. The predicted octanol–water partition coefficient (Wildman–Crippen LogP) is 1.75. The number of nitrogens with zero attached hydrogens (tertiary/aromatic N) is 3. The zero-order valence-electron chi connectivity index (χ0n) is 10.5. The molecule has 0 radical (unpaired) electrons. The molecule has 0 aliphatic heterocycles. The number of hydrogen-bond acceptors (Lipinski definition) is 5. The third-order valence-electron chi connectivity index (χ3n) is 3.04. The third kappa shape index (κ3) is 3.12. The van der Waals surface area contributed by atoms with Crippen molar-refractivity contribution in [2.24, 2.45) is 0 Å². The van der Waals surface area contributed by atoms with Gasteiger partial charge < -0.3 is 9.42 Å². The highest BCUT2D eigenvalue weighted by molar-refractivity contribution is 5.84. The molecule has 1 aromatic heterocycles. The molecule has 0 amide bonds. The van der Waals surface area contributed by atoms with Gasteiger partial charge in [0.25, 0.3) is 0 Å². The topological polar surface area (TPSA) is 59.2 Å². The zero-order valence-corrected chi connectivity index (χ0v) is 10.5. The molecule has 5 heteroatoms. The van der Waals surface area contributed by atoms with Crippen molar-refractivity contribution in [3.63, 3.8) is 0 Å². The first-order valence-corrected chi connectivity index (χ1v) is 6.17. The summed E-state index contributed by atoms with van der Waals surface area (Å²) in [6.45, 7) is 0.643. The van der Waals surface area contributed by atoms with Gasteiger partial charge in [-0.05, 0) is 26.9 Å². The second-order valence-electron chi connectivity index (χ2n) is 4.90. The summed E-state index contributed by atoms with van der Waals surface area (Å²) in [7, 11) is 3.90. The quantitative estimate of drug-likeness (QED) is 0.749. The van der Waals surface area contributed by atoms with E-state index in [0.717, 1.165) is 25.7 Å². The van der Waals surface area contributed by atoms with E-state index in [1.165, 1.54) is 0 Å². The van der Waals surface area contributed by atoms with E-state index < -0.39 is 0 Å². The summed E-state index contributed by atoms with van der Waals surface area (Å²) in [5.74, 6) is 1.25. The number of aromatic nitrogens is 2. The van der Waals surface area contributed by atoms with Crippen LogP contribution in [0.2, 0.25) is 0 Å². The van der Waals surface area contributed by atoms with E-state index in [0.29, 0.717) is 24.7 Å². The first kappa shape index (κ1) is 12.2. The molecule has 1 aliphatic rings. The summed E-state index contributed by atoms with van der Waals surface area (Å²) in [6, 6.07) is 0. The fourth-order valence-corrected chi connectivity index (χ4v) is 2.18. The van der Waals surface area contributed by atoms with Gasteiger partial charge in [0.05, 0.1) is 12.5 Å². The zero-order chi connectivity index (χ0) is 12.3. The number of hydrogen-bond donors (Lipinski definition) is 0. The lowest BCUT2D eigenvalue weighted by Crippen LogP contribution is -2.13. The largest absolute Gasteiger partial charge is 0.339 e. The van der Waals surface area contributed by atoms with Gasteiger partial charge in [-0.15, -0.1) is 0 Å². The van der Waals surface area contributed by atoms with Crippen LogP contribution in [0.4, 0.5) is 0 Å². The lowest BCUT2D eigenvalue weighted by Gasteiger charge is -2.06. The summed E-state index contributed by atoms with van der Waals surface area (Å²) in [5.41, 5.74) is 0. The molecule has 0 aromatic carbocycles. The maximum atomic E-state index is 11.9. The first-order valence-electron chi connectivity index (χ1n) is 6.17. The van der Waals surface area contributed by atoms with Crippen LogP contribution < -0.4 is 0 Å². The van der Waals surface area contributed by atoms with Gasteiger partial charge in [0.15, 0.2) is 5.82 Å². The lowest BCUT2D eigenvalue weighted by molar-refractivity contribution is -0.120. The molecule has 1 atom stereocenters. The number of rotatable bonds is 3. The average molecular weight is 237 g/mol. The van der Waals surface area contributed by atoms with E-state index in [1.807, 2.05) is 19.0 Å². The fraction of sp³-hybridized carbons (Fsp3) is 0.750. The van der Waals surface area contributed by atoms with Crippen molar-refractivity contribution in [2.75, 3.05) is 14.1 Å². The number of ketones is 1. The van der Waals surface area contributed by atoms with Crippen LogP contribution in [0.3, 0.4) is 0 Å². The van der Waals surface area contributed by atoms with Crippen molar-refractivity contribution in [1.29, 1.82) is 0 Å². The highest BCUT2D eigenvalue weighted by Crippen LogP contribution is 2.27. The van der Waals surface area contributed by atoms with Crippen molar-refractivity contribution in [3.05, 3.63) is 11.7 Å². The second kappa shape index (κ2) is 5.40. The normalized spacial score (nSPS) is 21.8. The van der Waals surface area contributed by atoms with E-state index in [2.05, 4.69) is 10.1 Å². The van der Waals surface area contributed by atoms with Gasteiger partial charge in [0.1, 0.15) is 5.78 Å².